The summed E-state index contributed by atoms with van der Waals surface area (Å²) in [5, 5.41) is 10.9. The van der Waals surface area contributed by atoms with Crippen LogP contribution in [0.15, 0.2) is 36.0 Å². The van der Waals surface area contributed by atoms with Gasteiger partial charge in [-0.1, -0.05) is 47.1 Å². The maximum absolute atomic E-state index is 6.21. The second kappa shape index (κ2) is 6.42. The molecule has 1 aromatic carbocycles. The number of nitrogens with zero attached hydrogens (tertiary/aromatic N) is 3. The summed E-state index contributed by atoms with van der Waals surface area (Å²) in [4.78, 5) is 0. The number of hydrogen-bond donors (Lipinski definition) is 0. The van der Waals surface area contributed by atoms with Gasteiger partial charge in [0.25, 0.3) is 0 Å². The molecule has 110 valence electrons. The molecule has 21 heavy (non-hydrogen) atoms. The van der Waals surface area contributed by atoms with Gasteiger partial charge in [0.2, 0.25) is 0 Å². The first kappa shape index (κ1) is 14.9. The first-order valence-corrected chi connectivity index (χ1v) is 8.54. The Balaban J connectivity index is 1.80. The summed E-state index contributed by atoms with van der Waals surface area (Å²) in [6, 6.07) is 5.56. The first-order chi connectivity index (χ1) is 10.2. The first-order valence-electron chi connectivity index (χ1n) is 6.80. The van der Waals surface area contributed by atoms with E-state index in [1.807, 2.05) is 24.3 Å². The fourth-order valence-electron chi connectivity index (χ4n) is 2.16. The molecule has 0 atom stereocenters. The molecular weight excluding hydrogens is 325 g/mol. The third kappa shape index (κ3) is 3.28. The van der Waals surface area contributed by atoms with Crippen LogP contribution in [-0.4, -0.2) is 14.8 Å². The predicted octanol–water partition coefficient (Wildman–Crippen LogP) is 4.94. The van der Waals surface area contributed by atoms with Crippen LogP contribution in [0, 0.1) is 0 Å². The summed E-state index contributed by atoms with van der Waals surface area (Å²) >= 11 is 14.0. The molecule has 1 aromatic heterocycles. The molecule has 0 amide bonds. The van der Waals surface area contributed by atoms with Crippen molar-refractivity contribution in [3.63, 3.8) is 0 Å². The maximum Gasteiger partial charge on any atom is 0.191 e. The highest BCUT2D eigenvalue weighted by Crippen LogP contribution is 2.40. The number of aromatic nitrogens is 3. The molecule has 1 heterocycles. The van der Waals surface area contributed by atoms with Gasteiger partial charge in [-0.25, -0.2) is 0 Å². The molecule has 1 saturated carbocycles. The van der Waals surface area contributed by atoms with Gasteiger partial charge in [-0.3, -0.25) is 0 Å². The Labute approximate surface area is 138 Å². The summed E-state index contributed by atoms with van der Waals surface area (Å²) in [6.45, 7) is 4.55. The van der Waals surface area contributed by atoms with E-state index in [0.29, 0.717) is 21.7 Å². The van der Waals surface area contributed by atoms with Crippen LogP contribution >= 0.6 is 35.0 Å². The summed E-state index contributed by atoms with van der Waals surface area (Å²) in [5.74, 6) is 2.32. The Morgan fingerprint density at radius 2 is 2.00 bits per heavy atom. The van der Waals surface area contributed by atoms with Gasteiger partial charge in [0, 0.05) is 28.3 Å². The number of hydrogen-bond acceptors (Lipinski definition) is 3. The summed E-state index contributed by atoms with van der Waals surface area (Å²) < 4.78 is 2.14. The molecule has 3 rings (SSSR count). The van der Waals surface area contributed by atoms with Crippen LogP contribution in [0.2, 0.25) is 10.0 Å². The van der Waals surface area contributed by atoms with E-state index in [-0.39, 0.29) is 0 Å². The highest BCUT2D eigenvalue weighted by Gasteiger charge is 2.30. The van der Waals surface area contributed by atoms with E-state index < -0.39 is 0 Å². The topological polar surface area (TPSA) is 30.7 Å². The molecule has 1 aliphatic carbocycles. The third-order valence-electron chi connectivity index (χ3n) is 3.41. The fourth-order valence-corrected chi connectivity index (χ4v) is 3.85. The Morgan fingerprint density at radius 3 is 2.62 bits per heavy atom. The van der Waals surface area contributed by atoms with E-state index in [2.05, 4.69) is 21.3 Å². The Morgan fingerprint density at radius 1 is 1.29 bits per heavy atom. The minimum Gasteiger partial charge on any atom is -0.302 e. The van der Waals surface area contributed by atoms with Gasteiger partial charge in [0.05, 0.1) is 0 Å². The van der Waals surface area contributed by atoms with Crippen LogP contribution < -0.4 is 0 Å². The minimum absolute atomic E-state index is 0.565. The molecule has 0 spiro atoms. The average Bonchev–Trinajstić information content (AvgIpc) is 3.22. The number of benzene rings is 1. The molecule has 3 nitrogen and oxygen atoms in total. The van der Waals surface area contributed by atoms with E-state index in [4.69, 9.17) is 23.2 Å². The molecule has 1 fully saturated rings. The molecule has 0 N–H and O–H groups in total. The average molecular weight is 340 g/mol. The highest BCUT2D eigenvalue weighted by molar-refractivity contribution is 7.98. The lowest BCUT2D eigenvalue weighted by Crippen LogP contribution is -2.02. The molecule has 0 unspecified atom stereocenters. The lowest BCUT2D eigenvalue weighted by molar-refractivity contribution is 0.681. The van der Waals surface area contributed by atoms with E-state index >= 15 is 0 Å². The van der Waals surface area contributed by atoms with Crippen LogP contribution in [-0.2, 0) is 12.3 Å². The molecule has 6 heteroatoms. The van der Waals surface area contributed by atoms with Crippen molar-refractivity contribution >= 4 is 35.0 Å². The van der Waals surface area contributed by atoms with Crippen molar-refractivity contribution in [2.75, 3.05) is 0 Å². The van der Waals surface area contributed by atoms with Crippen molar-refractivity contribution in [1.82, 2.24) is 14.8 Å². The molecule has 1 aliphatic rings. The Bertz CT molecular complexity index is 645. The fraction of sp³-hybridized carbons (Fsp3) is 0.333. The van der Waals surface area contributed by atoms with Gasteiger partial charge in [0.1, 0.15) is 5.82 Å². The van der Waals surface area contributed by atoms with Crippen LogP contribution in [0.5, 0.6) is 0 Å². The van der Waals surface area contributed by atoms with Crippen LogP contribution in [0.25, 0.3) is 0 Å². The van der Waals surface area contributed by atoms with Crippen LogP contribution in [0.3, 0.4) is 0 Å². The van der Waals surface area contributed by atoms with E-state index in [1.165, 1.54) is 12.8 Å². The minimum atomic E-state index is 0.565. The van der Waals surface area contributed by atoms with Gasteiger partial charge in [-0.15, -0.1) is 16.8 Å². The van der Waals surface area contributed by atoms with E-state index in [9.17, 15) is 0 Å². The molecule has 0 radical (unpaired) electrons. The van der Waals surface area contributed by atoms with Crippen molar-refractivity contribution in [3.05, 3.63) is 52.3 Å². The second-order valence-corrected chi connectivity index (χ2v) is 6.76. The standard InChI is InChI=1S/C15H15Cl2N3S/c1-2-8-20-14(10-6-7-10)18-19-15(20)21-9-11-12(16)4-3-5-13(11)17/h2-5,10H,1,6-9H2. The zero-order valence-electron chi connectivity index (χ0n) is 11.4. The lowest BCUT2D eigenvalue weighted by Gasteiger charge is -2.08. The summed E-state index contributed by atoms with van der Waals surface area (Å²) in [6.07, 6.45) is 4.29. The van der Waals surface area contributed by atoms with Gasteiger partial charge < -0.3 is 4.57 Å². The van der Waals surface area contributed by atoms with Gasteiger partial charge >= 0.3 is 0 Å². The largest absolute Gasteiger partial charge is 0.302 e. The normalized spacial score (nSPS) is 14.4. The second-order valence-electron chi connectivity index (χ2n) is 5.00. The van der Waals surface area contributed by atoms with Crippen LogP contribution in [0.1, 0.15) is 30.1 Å². The molecule has 2 aromatic rings. The summed E-state index contributed by atoms with van der Waals surface area (Å²) in [7, 11) is 0. The predicted molar refractivity (Wildman–Crippen MR) is 88.2 cm³/mol. The SMILES string of the molecule is C=CCn1c(SCc2c(Cl)cccc2Cl)nnc1C1CC1. The highest BCUT2D eigenvalue weighted by atomic mass is 35.5. The molecule has 0 bridgehead atoms. The lowest BCUT2D eigenvalue weighted by atomic mass is 10.2. The van der Waals surface area contributed by atoms with Crippen LogP contribution in [0.4, 0.5) is 0 Å². The van der Waals surface area contributed by atoms with Crippen molar-refractivity contribution in [3.8, 4) is 0 Å². The Hall–Kier alpha value is -0.970. The van der Waals surface area contributed by atoms with Gasteiger partial charge in [-0.05, 0) is 30.5 Å². The van der Waals surface area contributed by atoms with Crippen molar-refractivity contribution < 1.29 is 0 Å². The molecule has 0 saturated heterocycles. The van der Waals surface area contributed by atoms with E-state index in [0.717, 1.165) is 23.1 Å². The number of rotatable bonds is 6. The number of allylic oxidation sites excluding steroid dienone is 1. The summed E-state index contributed by atoms with van der Waals surface area (Å²) in [5.41, 5.74) is 0.937. The van der Waals surface area contributed by atoms with E-state index in [1.54, 1.807) is 11.8 Å². The quantitative estimate of drug-likeness (QED) is 0.551. The molecular formula is C15H15Cl2N3S. The Kier molecular flexibility index (Phi) is 4.57. The zero-order valence-corrected chi connectivity index (χ0v) is 13.8. The number of halogens is 2. The third-order valence-corrected chi connectivity index (χ3v) is 5.11. The van der Waals surface area contributed by atoms with Gasteiger partial charge in [0.15, 0.2) is 5.16 Å². The van der Waals surface area contributed by atoms with Crippen molar-refractivity contribution in [1.29, 1.82) is 0 Å². The molecule has 0 aliphatic heterocycles. The van der Waals surface area contributed by atoms with Gasteiger partial charge in [-0.2, -0.15) is 0 Å². The van der Waals surface area contributed by atoms with Crippen molar-refractivity contribution in [2.24, 2.45) is 0 Å². The zero-order chi connectivity index (χ0) is 14.8. The maximum atomic E-state index is 6.21. The van der Waals surface area contributed by atoms with Crippen molar-refractivity contribution in [2.45, 2.75) is 36.2 Å². The number of thioether (sulfide) groups is 1. The monoisotopic (exact) mass is 339 g/mol. The smallest absolute Gasteiger partial charge is 0.191 e.